The maximum absolute atomic E-state index is 12.5. The molecular weight excluding hydrogens is 362 g/mol. The molecule has 1 aliphatic heterocycles. The number of amides is 1. The number of nitrogens with zero attached hydrogens (tertiary/aromatic N) is 1. The molecular formula is C20H23N3O3S. The zero-order valence-electron chi connectivity index (χ0n) is 15.5. The molecule has 1 amide bonds. The topological polar surface area (TPSA) is 62.8 Å². The average Bonchev–Trinajstić information content (AvgIpc) is 2.67. The Morgan fingerprint density at radius 1 is 1.11 bits per heavy atom. The van der Waals surface area contributed by atoms with E-state index >= 15 is 0 Å². The van der Waals surface area contributed by atoms with Crippen LogP contribution in [-0.4, -0.2) is 42.2 Å². The number of anilines is 2. The van der Waals surface area contributed by atoms with Crippen LogP contribution in [0, 0.1) is 6.92 Å². The van der Waals surface area contributed by atoms with Crippen molar-refractivity contribution in [2.45, 2.75) is 13.8 Å². The van der Waals surface area contributed by atoms with Gasteiger partial charge in [-0.1, -0.05) is 18.2 Å². The number of hydrogen-bond acceptors (Lipinski definition) is 4. The summed E-state index contributed by atoms with van der Waals surface area (Å²) in [5.41, 5.74) is 2.70. The van der Waals surface area contributed by atoms with E-state index in [9.17, 15) is 4.79 Å². The van der Waals surface area contributed by atoms with E-state index in [2.05, 4.69) is 10.6 Å². The molecule has 0 aromatic heterocycles. The lowest BCUT2D eigenvalue weighted by Crippen LogP contribution is -2.40. The summed E-state index contributed by atoms with van der Waals surface area (Å²) in [4.78, 5) is 14.3. The number of ether oxygens (including phenoxy) is 2. The van der Waals surface area contributed by atoms with Gasteiger partial charge in [-0.05, 0) is 49.8 Å². The number of carbonyl (C=O) groups excluding carboxylic acids is 1. The van der Waals surface area contributed by atoms with Gasteiger partial charge in [-0.25, -0.2) is 0 Å². The number of nitrogens with one attached hydrogen (secondary N) is 2. The molecule has 2 N–H and O–H groups in total. The van der Waals surface area contributed by atoms with Gasteiger partial charge in [0.05, 0.1) is 6.54 Å². The summed E-state index contributed by atoms with van der Waals surface area (Å²) in [6.45, 7) is 5.79. The largest absolute Gasteiger partial charge is 0.486 e. The minimum absolute atomic E-state index is 0.150. The van der Waals surface area contributed by atoms with Crippen molar-refractivity contribution in [2.24, 2.45) is 0 Å². The van der Waals surface area contributed by atoms with Crippen LogP contribution in [0.2, 0.25) is 0 Å². The molecule has 6 nitrogen and oxygen atoms in total. The molecule has 0 spiro atoms. The van der Waals surface area contributed by atoms with Gasteiger partial charge in [0, 0.05) is 24.0 Å². The maximum atomic E-state index is 12.5. The monoisotopic (exact) mass is 385 g/mol. The van der Waals surface area contributed by atoms with Crippen LogP contribution in [0.3, 0.4) is 0 Å². The predicted octanol–water partition coefficient (Wildman–Crippen LogP) is 3.42. The Bertz CT molecular complexity index is 841. The highest BCUT2D eigenvalue weighted by atomic mass is 32.1. The number of hydrogen-bond donors (Lipinski definition) is 2. The molecule has 0 radical (unpaired) electrons. The van der Waals surface area contributed by atoms with E-state index in [4.69, 9.17) is 21.7 Å². The van der Waals surface area contributed by atoms with Crippen LogP contribution in [0.5, 0.6) is 11.5 Å². The molecule has 1 aliphatic rings. The van der Waals surface area contributed by atoms with Crippen LogP contribution in [0.4, 0.5) is 11.4 Å². The van der Waals surface area contributed by atoms with Gasteiger partial charge in [0.2, 0.25) is 5.91 Å². The van der Waals surface area contributed by atoms with Crippen molar-refractivity contribution in [3.63, 3.8) is 0 Å². The molecule has 2 aromatic carbocycles. The molecule has 1 heterocycles. The minimum Gasteiger partial charge on any atom is -0.486 e. The Hall–Kier alpha value is -2.80. The second kappa shape index (κ2) is 8.73. The van der Waals surface area contributed by atoms with Crippen molar-refractivity contribution in [3.05, 3.63) is 48.0 Å². The standard InChI is InChI=1S/C20H23N3O3S/c1-3-23(20(27)22-16-7-5-4-6-14(16)2)13-19(24)21-15-8-9-17-18(12-15)26-11-10-25-17/h4-9,12H,3,10-11,13H2,1-2H3,(H,21,24)(H,22,27). The Balaban J connectivity index is 1.59. The summed E-state index contributed by atoms with van der Waals surface area (Å²) >= 11 is 5.48. The summed E-state index contributed by atoms with van der Waals surface area (Å²) in [5, 5.41) is 6.61. The maximum Gasteiger partial charge on any atom is 0.243 e. The van der Waals surface area contributed by atoms with Crippen LogP contribution in [0.25, 0.3) is 0 Å². The summed E-state index contributed by atoms with van der Waals surface area (Å²) < 4.78 is 11.0. The van der Waals surface area contributed by atoms with Crippen molar-refractivity contribution in [1.82, 2.24) is 4.90 Å². The van der Waals surface area contributed by atoms with E-state index in [1.807, 2.05) is 43.0 Å². The highest BCUT2D eigenvalue weighted by molar-refractivity contribution is 7.80. The summed E-state index contributed by atoms with van der Waals surface area (Å²) in [6.07, 6.45) is 0. The molecule has 7 heteroatoms. The fourth-order valence-electron chi connectivity index (χ4n) is 2.73. The van der Waals surface area contributed by atoms with Gasteiger partial charge < -0.3 is 25.0 Å². The van der Waals surface area contributed by atoms with Gasteiger partial charge in [0.1, 0.15) is 13.2 Å². The number of thiocarbonyl (C=S) groups is 1. The first kappa shape index (κ1) is 19.0. The van der Waals surface area contributed by atoms with E-state index in [1.165, 1.54) is 0 Å². The zero-order valence-corrected chi connectivity index (χ0v) is 16.3. The highest BCUT2D eigenvalue weighted by Gasteiger charge is 2.16. The third kappa shape index (κ3) is 4.89. The Labute approximate surface area is 164 Å². The molecule has 0 fully saturated rings. The molecule has 2 aromatic rings. The molecule has 0 aliphatic carbocycles. The first-order valence-corrected chi connectivity index (χ1v) is 9.28. The van der Waals surface area contributed by atoms with Gasteiger partial charge in [-0.3, -0.25) is 4.79 Å². The van der Waals surface area contributed by atoms with Crippen LogP contribution in [0.1, 0.15) is 12.5 Å². The normalized spacial score (nSPS) is 12.2. The molecule has 142 valence electrons. The fourth-order valence-corrected chi connectivity index (χ4v) is 3.03. The molecule has 0 saturated carbocycles. The first-order chi connectivity index (χ1) is 13.1. The van der Waals surface area contributed by atoms with E-state index in [0.717, 1.165) is 11.3 Å². The Morgan fingerprint density at radius 3 is 2.59 bits per heavy atom. The number of likely N-dealkylation sites (N-methyl/N-ethyl adjacent to an activating group) is 1. The highest BCUT2D eigenvalue weighted by Crippen LogP contribution is 2.32. The van der Waals surface area contributed by atoms with Crippen molar-refractivity contribution in [2.75, 3.05) is 36.9 Å². The fraction of sp³-hybridized carbons (Fsp3) is 0.300. The van der Waals surface area contributed by atoms with Crippen LogP contribution < -0.4 is 20.1 Å². The molecule has 0 saturated heterocycles. The third-order valence-electron chi connectivity index (χ3n) is 4.22. The van der Waals surface area contributed by atoms with Gasteiger partial charge in [0.25, 0.3) is 0 Å². The van der Waals surface area contributed by atoms with Crippen molar-refractivity contribution in [1.29, 1.82) is 0 Å². The molecule has 0 atom stereocenters. The number of benzene rings is 2. The number of rotatable bonds is 5. The van der Waals surface area contributed by atoms with Crippen molar-refractivity contribution >= 4 is 34.6 Å². The van der Waals surface area contributed by atoms with Crippen molar-refractivity contribution < 1.29 is 14.3 Å². The van der Waals surface area contributed by atoms with Crippen LogP contribution in [0.15, 0.2) is 42.5 Å². The number of carbonyl (C=O) groups is 1. The molecule has 0 unspecified atom stereocenters. The minimum atomic E-state index is -0.150. The predicted molar refractivity (Wildman–Crippen MR) is 111 cm³/mol. The number of aryl methyl sites for hydroxylation is 1. The van der Waals surface area contributed by atoms with E-state index in [1.54, 1.807) is 18.2 Å². The van der Waals surface area contributed by atoms with Crippen LogP contribution in [-0.2, 0) is 4.79 Å². The zero-order chi connectivity index (χ0) is 19.2. The number of fused-ring (bicyclic) bond motifs is 1. The van der Waals surface area contributed by atoms with Crippen LogP contribution >= 0.6 is 12.2 Å². The third-order valence-corrected chi connectivity index (χ3v) is 4.58. The number of para-hydroxylation sites is 1. The van der Waals surface area contributed by atoms with E-state index in [0.29, 0.717) is 42.1 Å². The van der Waals surface area contributed by atoms with Gasteiger partial charge in [-0.15, -0.1) is 0 Å². The van der Waals surface area contributed by atoms with Crippen molar-refractivity contribution in [3.8, 4) is 11.5 Å². The first-order valence-electron chi connectivity index (χ1n) is 8.88. The summed E-state index contributed by atoms with van der Waals surface area (Å²) in [6, 6.07) is 13.3. The lowest BCUT2D eigenvalue weighted by atomic mass is 10.2. The summed E-state index contributed by atoms with van der Waals surface area (Å²) in [7, 11) is 0. The Morgan fingerprint density at radius 2 is 1.85 bits per heavy atom. The van der Waals surface area contributed by atoms with Gasteiger partial charge in [0.15, 0.2) is 16.6 Å². The van der Waals surface area contributed by atoms with E-state index in [-0.39, 0.29) is 12.5 Å². The second-order valence-electron chi connectivity index (χ2n) is 6.17. The molecule has 27 heavy (non-hydrogen) atoms. The lowest BCUT2D eigenvalue weighted by Gasteiger charge is -2.24. The average molecular weight is 385 g/mol. The van der Waals surface area contributed by atoms with E-state index < -0.39 is 0 Å². The van der Waals surface area contributed by atoms with Gasteiger partial charge >= 0.3 is 0 Å². The molecule has 0 bridgehead atoms. The quantitative estimate of drug-likeness (QED) is 0.769. The molecule has 3 rings (SSSR count). The summed E-state index contributed by atoms with van der Waals surface area (Å²) in [5.74, 6) is 1.18. The lowest BCUT2D eigenvalue weighted by molar-refractivity contribution is -0.116. The Kier molecular flexibility index (Phi) is 6.13. The van der Waals surface area contributed by atoms with Gasteiger partial charge in [-0.2, -0.15) is 0 Å². The second-order valence-corrected chi connectivity index (χ2v) is 6.55. The SMILES string of the molecule is CCN(CC(=O)Nc1ccc2c(c1)OCCO2)C(=S)Nc1ccccc1C. The smallest absolute Gasteiger partial charge is 0.243 e.